The molecule has 1 aliphatic heterocycles. The van der Waals surface area contributed by atoms with Crippen LogP contribution in [0.3, 0.4) is 0 Å². The fourth-order valence-corrected chi connectivity index (χ4v) is 2.78. The third kappa shape index (κ3) is 3.37. The molecule has 3 rings (SSSR count). The largest absolute Gasteiger partial charge is 0.444 e. The van der Waals surface area contributed by atoms with E-state index >= 15 is 0 Å². The van der Waals surface area contributed by atoms with E-state index in [0.717, 1.165) is 42.4 Å². The molecule has 3 heterocycles. The van der Waals surface area contributed by atoms with Crippen molar-refractivity contribution in [2.45, 2.75) is 59.2 Å². The fraction of sp³-hybridized carbons (Fsp3) is 0.588. The molecule has 0 saturated carbocycles. The first-order valence-electron chi connectivity index (χ1n) is 8.14. The van der Waals surface area contributed by atoms with Crippen molar-refractivity contribution in [3.05, 3.63) is 45.5 Å². The summed E-state index contributed by atoms with van der Waals surface area (Å²) in [6.07, 6.45) is 2.66. The van der Waals surface area contributed by atoms with Gasteiger partial charge in [-0.25, -0.2) is 9.67 Å². The lowest BCUT2D eigenvalue weighted by Crippen LogP contribution is -2.34. The maximum absolute atomic E-state index is 12.0. The summed E-state index contributed by atoms with van der Waals surface area (Å²) in [4.78, 5) is 18.6. The van der Waals surface area contributed by atoms with E-state index in [-0.39, 0.29) is 11.0 Å². The van der Waals surface area contributed by atoms with Gasteiger partial charge in [0.15, 0.2) is 0 Å². The van der Waals surface area contributed by atoms with Crippen molar-refractivity contribution in [2.24, 2.45) is 0 Å². The minimum atomic E-state index is -0.0328. The second kappa shape index (κ2) is 5.92. The Bertz CT molecular complexity index is 755. The molecule has 0 fully saturated rings. The number of rotatable bonds is 3. The molecular formula is C17H24N4O2. The zero-order valence-electron chi connectivity index (χ0n) is 14.3. The van der Waals surface area contributed by atoms with Gasteiger partial charge in [-0.1, -0.05) is 20.8 Å². The SMILES string of the molecule is CCn1nc2c(cc1=O)CN(Cc1ncc(C(C)(C)C)o1)CC2. The maximum Gasteiger partial charge on any atom is 0.267 e. The van der Waals surface area contributed by atoms with Gasteiger partial charge in [-0.2, -0.15) is 5.10 Å². The van der Waals surface area contributed by atoms with Gasteiger partial charge >= 0.3 is 0 Å². The number of fused-ring (bicyclic) bond motifs is 1. The van der Waals surface area contributed by atoms with Gasteiger partial charge in [0.2, 0.25) is 5.89 Å². The van der Waals surface area contributed by atoms with Crippen LogP contribution >= 0.6 is 0 Å². The Morgan fingerprint density at radius 1 is 1.35 bits per heavy atom. The first-order chi connectivity index (χ1) is 10.9. The predicted octanol–water partition coefficient (Wildman–Crippen LogP) is 2.11. The van der Waals surface area contributed by atoms with Crippen molar-refractivity contribution < 1.29 is 4.42 Å². The number of nitrogens with zero attached hydrogens (tertiary/aromatic N) is 4. The summed E-state index contributed by atoms with van der Waals surface area (Å²) in [7, 11) is 0. The number of aromatic nitrogens is 3. The molecule has 0 unspecified atom stereocenters. The molecule has 0 amide bonds. The quantitative estimate of drug-likeness (QED) is 0.868. The van der Waals surface area contributed by atoms with Crippen molar-refractivity contribution in [1.29, 1.82) is 0 Å². The highest BCUT2D eigenvalue weighted by molar-refractivity contribution is 5.20. The van der Waals surface area contributed by atoms with E-state index in [9.17, 15) is 4.79 Å². The lowest BCUT2D eigenvalue weighted by molar-refractivity contribution is 0.212. The van der Waals surface area contributed by atoms with Crippen LogP contribution in [0.25, 0.3) is 0 Å². The van der Waals surface area contributed by atoms with Crippen molar-refractivity contribution in [3.63, 3.8) is 0 Å². The Kier molecular flexibility index (Phi) is 4.10. The third-order valence-electron chi connectivity index (χ3n) is 4.17. The summed E-state index contributed by atoms with van der Waals surface area (Å²) >= 11 is 0. The van der Waals surface area contributed by atoms with E-state index in [1.807, 2.05) is 13.1 Å². The molecular weight excluding hydrogens is 292 g/mol. The number of oxazole rings is 1. The minimum absolute atomic E-state index is 0.0285. The van der Waals surface area contributed by atoms with Crippen LogP contribution in [0.2, 0.25) is 0 Å². The van der Waals surface area contributed by atoms with E-state index in [1.54, 1.807) is 6.07 Å². The maximum atomic E-state index is 12.0. The average Bonchev–Trinajstić information content (AvgIpc) is 2.95. The van der Waals surface area contributed by atoms with Crippen molar-refractivity contribution in [3.8, 4) is 0 Å². The second-order valence-electron chi connectivity index (χ2n) is 7.10. The van der Waals surface area contributed by atoms with Crippen molar-refractivity contribution in [2.75, 3.05) is 6.54 Å². The molecule has 0 N–H and O–H groups in total. The van der Waals surface area contributed by atoms with Gasteiger partial charge in [0, 0.05) is 37.5 Å². The Morgan fingerprint density at radius 3 is 2.78 bits per heavy atom. The topological polar surface area (TPSA) is 64.2 Å². The van der Waals surface area contributed by atoms with Gasteiger partial charge < -0.3 is 4.42 Å². The van der Waals surface area contributed by atoms with Crippen LogP contribution in [0, 0.1) is 0 Å². The highest BCUT2D eigenvalue weighted by Gasteiger charge is 2.23. The summed E-state index contributed by atoms with van der Waals surface area (Å²) in [5.41, 5.74) is 1.99. The van der Waals surface area contributed by atoms with E-state index in [1.165, 1.54) is 4.68 Å². The molecule has 0 bridgehead atoms. The molecule has 0 atom stereocenters. The molecule has 0 aliphatic carbocycles. The monoisotopic (exact) mass is 316 g/mol. The summed E-state index contributed by atoms with van der Waals surface area (Å²) in [5.74, 6) is 1.63. The van der Waals surface area contributed by atoms with Crippen molar-refractivity contribution in [1.82, 2.24) is 19.7 Å². The van der Waals surface area contributed by atoms with Crippen LogP contribution < -0.4 is 5.56 Å². The number of hydrogen-bond acceptors (Lipinski definition) is 5. The van der Waals surface area contributed by atoms with Crippen LogP contribution in [0.15, 0.2) is 21.5 Å². The average molecular weight is 316 g/mol. The third-order valence-corrected chi connectivity index (χ3v) is 4.17. The molecule has 6 nitrogen and oxygen atoms in total. The lowest BCUT2D eigenvalue weighted by atomic mass is 9.94. The first-order valence-corrected chi connectivity index (χ1v) is 8.14. The molecule has 2 aromatic rings. The molecule has 124 valence electrons. The zero-order chi connectivity index (χ0) is 16.6. The molecule has 1 aliphatic rings. The fourth-order valence-electron chi connectivity index (χ4n) is 2.78. The smallest absolute Gasteiger partial charge is 0.267 e. The first kappa shape index (κ1) is 15.9. The number of hydrogen-bond donors (Lipinski definition) is 0. The van der Waals surface area contributed by atoms with Gasteiger partial charge in [0.05, 0.1) is 18.4 Å². The Balaban J connectivity index is 1.74. The van der Waals surface area contributed by atoms with E-state index in [0.29, 0.717) is 13.1 Å². The van der Waals surface area contributed by atoms with Gasteiger partial charge in [-0.3, -0.25) is 9.69 Å². The van der Waals surface area contributed by atoms with E-state index in [4.69, 9.17) is 4.42 Å². The van der Waals surface area contributed by atoms with Crippen LogP contribution in [0.4, 0.5) is 0 Å². The van der Waals surface area contributed by atoms with E-state index < -0.39 is 0 Å². The van der Waals surface area contributed by atoms with Gasteiger partial charge in [-0.15, -0.1) is 0 Å². The van der Waals surface area contributed by atoms with E-state index in [2.05, 4.69) is 35.8 Å². The highest BCUT2D eigenvalue weighted by Crippen LogP contribution is 2.24. The Morgan fingerprint density at radius 2 is 2.13 bits per heavy atom. The number of aryl methyl sites for hydroxylation is 1. The normalized spacial score (nSPS) is 15.7. The summed E-state index contributed by atoms with van der Waals surface area (Å²) < 4.78 is 7.39. The van der Waals surface area contributed by atoms with Crippen LogP contribution in [-0.4, -0.2) is 26.2 Å². The van der Waals surface area contributed by atoms with Crippen LogP contribution in [-0.2, 0) is 31.5 Å². The lowest BCUT2D eigenvalue weighted by Gasteiger charge is -2.27. The second-order valence-corrected chi connectivity index (χ2v) is 7.10. The molecule has 23 heavy (non-hydrogen) atoms. The van der Waals surface area contributed by atoms with Crippen LogP contribution in [0.5, 0.6) is 0 Å². The molecule has 0 aromatic carbocycles. The van der Waals surface area contributed by atoms with Crippen LogP contribution in [0.1, 0.15) is 50.6 Å². The van der Waals surface area contributed by atoms with Gasteiger partial charge in [0.25, 0.3) is 5.56 Å². The zero-order valence-corrected chi connectivity index (χ0v) is 14.3. The Hall–Kier alpha value is -1.95. The highest BCUT2D eigenvalue weighted by atomic mass is 16.4. The molecule has 6 heteroatoms. The van der Waals surface area contributed by atoms with Crippen molar-refractivity contribution >= 4 is 0 Å². The Labute approximate surface area is 136 Å². The predicted molar refractivity (Wildman–Crippen MR) is 87.2 cm³/mol. The van der Waals surface area contributed by atoms with Gasteiger partial charge in [0.1, 0.15) is 5.76 Å². The molecule has 0 radical (unpaired) electrons. The molecule has 0 spiro atoms. The minimum Gasteiger partial charge on any atom is -0.444 e. The summed E-state index contributed by atoms with van der Waals surface area (Å²) in [6.45, 7) is 11.2. The summed E-state index contributed by atoms with van der Waals surface area (Å²) in [5, 5.41) is 4.45. The molecule has 0 saturated heterocycles. The van der Waals surface area contributed by atoms with Gasteiger partial charge in [-0.05, 0) is 12.5 Å². The molecule has 2 aromatic heterocycles. The summed E-state index contributed by atoms with van der Waals surface area (Å²) in [6, 6.07) is 1.72. The standard InChI is InChI=1S/C17H24N4O2/c1-5-21-16(22)8-12-10-20(7-6-13(12)19-21)11-15-18-9-14(23-15)17(2,3)4/h8-9H,5-7,10-11H2,1-4H3.